The van der Waals surface area contributed by atoms with Gasteiger partial charge in [0.1, 0.15) is 0 Å². The number of rotatable bonds is 2. The quantitative estimate of drug-likeness (QED) is 0.498. The van der Waals surface area contributed by atoms with E-state index in [1.165, 1.54) is 0 Å². The van der Waals surface area contributed by atoms with E-state index in [4.69, 9.17) is 11.5 Å². The van der Waals surface area contributed by atoms with E-state index >= 15 is 0 Å². The van der Waals surface area contributed by atoms with Crippen LogP contribution in [-0.4, -0.2) is 5.11 Å². The van der Waals surface area contributed by atoms with Gasteiger partial charge in [-0.25, -0.2) is 0 Å². The minimum atomic E-state index is -0.797. The number of terminal acetylenes is 1. The van der Waals surface area contributed by atoms with E-state index in [-0.39, 0.29) is 11.5 Å². The number of aromatic hydroxyl groups is 1. The average molecular weight is 164 g/mol. The summed E-state index contributed by atoms with van der Waals surface area (Å²) in [6.45, 7) is 1.70. The van der Waals surface area contributed by atoms with E-state index in [9.17, 15) is 9.59 Å². The van der Waals surface area contributed by atoms with E-state index in [2.05, 4.69) is 5.92 Å². The van der Waals surface area contributed by atoms with Crippen LogP contribution in [0.25, 0.3) is 0 Å². The maximum atomic E-state index is 10.9. The molecule has 1 rings (SSSR count). The summed E-state index contributed by atoms with van der Waals surface area (Å²) in [6, 6.07) is 0. The van der Waals surface area contributed by atoms with Crippen LogP contribution in [0.1, 0.15) is 24.8 Å². The van der Waals surface area contributed by atoms with Gasteiger partial charge in [0.15, 0.2) is 5.75 Å². The number of hydrogen-bond donors (Lipinski definition) is 1. The molecule has 0 aliphatic rings. The van der Waals surface area contributed by atoms with Crippen molar-refractivity contribution in [1.29, 1.82) is 0 Å². The van der Waals surface area contributed by atoms with Crippen molar-refractivity contribution in [3.8, 4) is 18.1 Å². The maximum Gasteiger partial charge on any atom is 0.267 e. The molecule has 62 valence electrons. The van der Waals surface area contributed by atoms with Crippen LogP contribution in [0.4, 0.5) is 0 Å². The Morgan fingerprint density at radius 2 is 2.08 bits per heavy atom. The molecule has 3 nitrogen and oxygen atoms in total. The molecule has 0 bridgehead atoms. The van der Waals surface area contributed by atoms with Crippen molar-refractivity contribution in [3.05, 3.63) is 26.0 Å². The van der Waals surface area contributed by atoms with E-state index in [1.54, 1.807) is 6.92 Å². The summed E-state index contributed by atoms with van der Waals surface area (Å²) in [5.41, 5.74) is -1.22. The van der Waals surface area contributed by atoms with Crippen LogP contribution in [0.15, 0.2) is 9.59 Å². The van der Waals surface area contributed by atoms with Crippen LogP contribution in [0.2, 0.25) is 0 Å². The molecule has 0 spiro atoms. The first-order valence-electron chi connectivity index (χ1n) is 3.55. The lowest BCUT2D eigenvalue weighted by atomic mass is 9.93. The fraction of sp³-hybridized carbons (Fsp3) is 0.333. The molecule has 0 aliphatic carbocycles. The van der Waals surface area contributed by atoms with Crippen LogP contribution in [-0.2, 0) is 0 Å². The zero-order chi connectivity index (χ0) is 9.30. The minimum Gasteiger partial charge on any atom is -0.504 e. The Balaban J connectivity index is 3.01. The molecule has 0 radical (unpaired) electrons. The molecule has 0 amide bonds. The van der Waals surface area contributed by atoms with Crippen LogP contribution in [0.3, 0.4) is 0 Å². The second-order valence-electron chi connectivity index (χ2n) is 2.73. The number of hydrogen-bond acceptors (Lipinski definition) is 3. The SMILES string of the molecule is C#CC[C@H](C)c1c(O)c(=O)c1=O. The van der Waals surface area contributed by atoms with Crippen LogP contribution in [0.5, 0.6) is 5.75 Å². The van der Waals surface area contributed by atoms with Gasteiger partial charge < -0.3 is 5.11 Å². The van der Waals surface area contributed by atoms with E-state index in [1.807, 2.05) is 0 Å². The van der Waals surface area contributed by atoms with Crippen LogP contribution < -0.4 is 10.9 Å². The van der Waals surface area contributed by atoms with Crippen molar-refractivity contribution in [2.75, 3.05) is 0 Å². The summed E-state index contributed by atoms with van der Waals surface area (Å²) in [5.74, 6) is 1.73. The van der Waals surface area contributed by atoms with Gasteiger partial charge in [-0.15, -0.1) is 12.3 Å². The van der Waals surface area contributed by atoms with Gasteiger partial charge in [-0.3, -0.25) is 9.59 Å². The van der Waals surface area contributed by atoms with Crippen molar-refractivity contribution in [2.45, 2.75) is 19.3 Å². The molecule has 1 aromatic rings. The second-order valence-corrected chi connectivity index (χ2v) is 2.73. The molecule has 0 unspecified atom stereocenters. The van der Waals surface area contributed by atoms with Gasteiger partial charge in [0.05, 0.1) is 5.56 Å². The Labute approximate surface area is 69.4 Å². The molecular formula is C9H8O3. The molecule has 1 N–H and O–H groups in total. The highest BCUT2D eigenvalue weighted by Crippen LogP contribution is 2.22. The molecular weight excluding hydrogens is 156 g/mol. The van der Waals surface area contributed by atoms with Gasteiger partial charge in [0, 0.05) is 6.42 Å². The second kappa shape index (κ2) is 2.82. The maximum absolute atomic E-state index is 10.9. The smallest absolute Gasteiger partial charge is 0.267 e. The third-order valence-corrected chi connectivity index (χ3v) is 1.84. The molecule has 0 aromatic heterocycles. The van der Waals surface area contributed by atoms with Crippen molar-refractivity contribution in [2.24, 2.45) is 0 Å². The first kappa shape index (κ1) is 8.54. The first-order chi connectivity index (χ1) is 5.59. The zero-order valence-electron chi connectivity index (χ0n) is 6.63. The molecule has 0 fully saturated rings. The molecule has 0 saturated heterocycles. The standard InChI is InChI=1S/C9H8O3/c1-3-4-5(2)6-7(10)9(12)8(6)11/h1,5,10H,4H2,2H3/t5-/m0/s1. The van der Waals surface area contributed by atoms with Gasteiger partial charge in [-0.1, -0.05) is 6.92 Å². The summed E-state index contributed by atoms with van der Waals surface area (Å²) in [4.78, 5) is 21.4. The Morgan fingerprint density at radius 1 is 1.50 bits per heavy atom. The summed E-state index contributed by atoms with van der Waals surface area (Å²) in [6.07, 6.45) is 5.38. The minimum absolute atomic E-state index is 0.179. The Hall–Kier alpha value is -1.56. The fourth-order valence-electron chi connectivity index (χ4n) is 1.13. The van der Waals surface area contributed by atoms with Crippen molar-refractivity contribution in [3.63, 3.8) is 0 Å². The topological polar surface area (TPSA) is 54.4 Å². The third-order valence-electron chi connectivity index (χ3n) is 1.84. The van der Waals surface area contributed by atoms with Crippen molar-refractivity contribution in [1.82, 2.24) is 0 Å². The Kier molecular flexibility index (Phi) is 2.01. The molecule has 0 aliphatic heterocycles. The van der Waals surface area contributed by atoms with E-state index < -0.39 is 16.6 Å². The predicted molar refractivity (Wildman–Crippen MR) is 44.9 cm³/mol. The molecule has 0 heterocycles. The van der Waals surface area contributed by atoms with Crippen molar-refractivity contribution < 1.29 is 5.11 Å². The zero-order valence-corrected chi connectivity index (χ0v) is 6.63. The van der Waals surface area contributed by atoms with Gasteiger partial charge in [0.25, 0.3) is 5.43 Å². The summed E-state index contributed by atoms with van der Waals surface area (Å²) < 4.78 is 0. The van der Waals surface area contributed by atoms with E-state index in [0.29, 0.717) is 6.42 Å². The lowest BCUT2D eigenvalue weighted by Crippen LogP contribution is -2.35. The van der Waals surface area contributed by atoms with Crippen molar-refractivity contribution >= 4 is 0 Å². The third kappa shape index (κ3) is 1.02. The largest absolute Gasteiger partial charge is 0.504 e. The summed E-state index contributed by atoms with van der Waals surface area (Å²) in [7, 11) is 0. The normalized spacial score (nSPS) is 12.7. The summed E-state index contributed by atoms with van der Waals surface area (Å²) in [5, 5.41) is 8.98. The van der Waals surface area contributed by atoms with E-state index in [0.717, 1.165) is 0 Å². The van der Waals surface area contributed by atoms with Gasteiger partial charge in [-0.2, -0.15) is 0 Å². The molecule has 1 atom stereocenters. The van der Waals surface area contributed by atoms with Gasteiger partial charge in [0.2, 0.25) is 5.43 Å². The Morgan fingerprint density at radius 3 is 2.50 bits per heavy atom. The van der Waals surface area contributed by atoms with Gasteiger partial charge >= 0.3 is 0 Å². The first-order valence-corrected chi connectivity index (χ1v) is 3.55. The highest BCUT2D eigenvalue weighted by molar-refractivity contribution is 5.40. The van der Waals surface area contributed by atoms with Gasteiger partial charge in [-0.05, 0) is 5.92 Å². The molecule has 0 saturated carbocycles. The molecule has 12 heavy (non-hydrogen) atoms. The molecule has 1 aromatic carbocycles. The highest BCUT2D eigenvalue weighted by atomic mass is 16.3. The predicted octanol–water partition coefficient (Wildman–Crippen LogP) is 0.115. The Bertz CT molecular complexity index is 402. The monoisotopic (exact) mass is 164 g/mol. The fourth-order valence-corrected chi connectivity index (χ4v) is 1.13. The lowest BCUT2D eigenvalue weighted by Gasteiger charge is -2.10. The van der Waals surface area contributed by atoms with Crippen LogP contribution in [0, 0.1) is 12.3 Å². The highest BCUT2D eigenvalue weighted by Gasteiger charge is 2.23. The van der Waals surface area contributed by atoms with Crippen LogP contribution >= 0.6 is 0 Å². The lowest BCUT2D eigenvalue weighted by molar-refractivity contribution is 0.447. The summed E-state index contributed by atoms with van der Waals surface area (Å²) >= 11 is 0. The molecule has 3 heteroatoms. The average Bonchev–Trinajstić information content (AvgIpc) is 2.05.